The molecule has 2 amide bonds. The van der Waals surface area contributed by atoms with Crippen LogP contribution < -0.4 is 15.4 Å². The van der Waals surface area contributed by atoms with Crippen LogP contribution in [0.15, 0.2) is 60.1 Å². The van der Waals surface area contributed by atoms with E-state index in [1.165, 1.54) is 11.3 Å². The first-order valence-corrected chi connectivity index (χ1v) is 9.84. The highest BCUT2D eigenvalue weighted by molar-refractivity contribution is 7.12. The van der Waals surface area contributed by atoms with Crippen LogP contribution in [0.25, 0.3) is 0 Å². The predicted molar refractivity (Wildman–Crippen MR) is 111 cm³/mol. The highest BCUT2D eigenvalue weighted by Gasteiger charge is 2.10. The van der Waals surface area contributed by atoms with Crippen LogP contribution >= 0.6 is 11.3 Å². The van der Waals surface area contributed by atoms with Crippen molar-refractivity contribution >= 4 is 28.8 Å². The van der Waals surface area contributed by atoms with Crippen molar-refractivity contribution in [1.29, 1.82) is 0 Å². The number of ether oxygens (including phenoxy) is 2. The molecule has 0 spiro atoms. The van der Waals surface area contributed by atoms with Crippen molar-refractivity contribution in [3.8, 4) is 5.88 Å². The van der Waals surface area contributed by atoms with Gasteiger partial charge in [0.05, 0.1) is 11.5 Å². The first-order chi connectivity index (χ1) is 14.2. The van der Waals surface area contributed by atoms with Gasteiger partial charge in [-0.1, -0.05) is 12.1 Å². The number of nitrogens with one attached hydrogen (secondary N) is 2. The largest absolute Gasteiger partial charge is 0.475 e. The lowest BCUT2D eigenvalue weighted by Gasteiger charge is -2.11. The van der Waals surface area contributed by atoms with Crippen molar-refractivity contribution in [3.05, 3.63) is 76.1 Å². The standard InChI is InChI=1S/C21H21N3O4S/c1-27-11-12-28-21-16(4-2-10-22-21)14-23-19(25)15-6-8-17(9-7-15)24-20(26)18-5-3-13-29-18/h2-10,13H,11-12,14H2,1H3,(H,23,25)(H,24,26). The number of hydrogen-bond donors (Lipinski definition) is 2. The SMILES string of the molecule is COCCOc1ncccc1CNC(=O)c1ccc(NC(=O)c2cccs2)cc1. The van der Waals surface area contributed by atoms with E-state index in [2.05, 4.69) is 15.6 Å². The molecule has 0 aliphatic heterocycles. The summed E-state index contributed by atoms with van der Waals surface area (Å²) in [6.07, 6.45) is 1.64. The number of carbonyl (C=O) groups excluding carboxylic acids is 2. The first-order valence-electron chi connectivity index (χ1n) is 8.96. The van der Waals surface area contributed by atoms with E-state index in [9.17, 15) is 9.59 Å². The number of pyridine rings is 1. The molecule has 150 valence electrons. The Morgan fingerprint density at radius 2 is 1.86 bits per heavy atom. The van der Waals surface area contributed by atoms with Crippen LogP contribution in [0.5, 0.6) is 5.88 Å². The third kappa shape index (κ3) is 5.87. The summed E-state index contributed by atoms with van der Waals surface area (Å²) < 4.78 is 10.5. The Kier molecular flexibility index (Phi) is 7.32. The zero-order chi connectivity index (χ0) is 20.5. The molecule has 2 heterocycles. The topological polar surface area (TPSA) is 89.6 Å². The summed E-state index contributed by atoms with van der Waals surface area (Å²) in [6.45, 7) is 1.12. The number of hydrogen-bond acceptors (Lipinski definition) is 6. The Morgan fingerprint density at radius 1 is 1.03 bits per heavy atom. The first kappa shape index (κ1) is 20.5. The lowest BCUT2D eigenvalue weighted by molar-refractivity contribution is 0.0949. The van der Waals surface area contributed by atoms with Gasteiger partial charge in [0.1, 0.15) is 6.61 Å². The number of thiophene rings is 1. The summed E-state index contributed by atoms with van der Waals surface area (Å²) in [7, 11) is 1.60. The maximum atomic E-state index is 12.4. The second-order valence-corrected chi connectivity index (χ2v) is 6.95. The summed E-state index contributed by atoms with van der Waals surface area (Å²) in [5.41, 5.74) is 1.89. The highest BCUT2D eigenvalue weighted by Crippen LogP contribution is 2.16. The summed E-state index contributed by atoms with van der Waals surface area (Å²) in [6, 6.07) is 13.9. The fourth-order valence-electron chi connectivity index (χ4n) is 2.49. The number of carbonyl (C=O) groups is 2. The molecule has 0 bridgehead atoms. The van der Waals surface area contributed by atoms with E-state index < -0.39 is 0 Å². The minimum Gasteiger partial charge on any atom is -0.475 e. The van der Waals surface area contributed by atoms with Gasteiger partial charge in [0.25, 0.3) is 11.8 Å². The van der Waals surface area contributed by atoms with Crippen molar-refractivity contribution in [1.82, 2.24) is 10.3 Å². The second-order valence-electron chi connectivity index (χ2n) is 6.00. The maximum Gasteiger partial charge on any atom is 0.265 e. The second kappa shape index (κ2) is 10.4. The molecule has 0 saturated heterocycles. The Balaban J connectivity index is 1.55. The van der Waals surface area contributed by atoms with Crippen molar-refractivity contribution < 1.29 is 19.1 Å². The third-order valence-corrected chi connectivity index (χ3v) is 4.83. The van der Waals surface area contributed by atoms with Crippen LogP contribution in [-0.2, 0) is 11.3 Å². The van der Waals surface area contributed by atoms with Crippen LogP contribution in [0, 0.1) is 0 Å². The van der Waals surface area contributed by atoms with Crippen LogP contribution in [0.1, 0.15) is 25.6 Å². The Morgan fingerprint density at radius 3 is 2.59 bits per heavy atom. The summed E-state index contributed by atoms with van der Waals surface area (Å²) >= 11 is 1.37. The summed E-state index contributed by atoms with van der Waals surface area (Å²) in [5.74, 6) is 0.0686. The van der Waals surface area contributed by atoms with Gasteiger partial charge in [-0.25, -0.2) is 4.98 Å². The average molecular weight is 411 g/mol. The quantitative estimate of drug-likeness (QED) is 0.527. The Bertz CT molecular complexity index is 943. The molecule has 0 saturated carbocycles. The van der Waals surface area contributed by atoms with E-state index in [0.717, 1.165) is 5.56 Å². The van der Waals surface area contributed by atoms with Gasteiger partial charge in [0.15, 0.2) is 0 Å². The fourth-order valence-corrected chi connectivity index (χ4v) is 3.11. The number of amides is 2. The Hall–Kier alpha value is -3.23. The molecule has 0 atom stereocenters. The molecule has 3 aromatic rings. The van der Waals surface area contributed by atoms with Crippen molar-refractivity contribution in [2.24, 2.45) is 0 Å². The summed E-state index contributed by atoms with van der Waals surface area (Å²) in [5, 5.41) is 7.50. The number of benzene rings is 1. The minimum absolute atomic E-state index is 0.171. The highest BCUT2D eigenvalue weighted by atomic mass is 32.1. The van der Waals surface area contributed by atoms with Gasteiger partial charge in [0, 0.05) is 36.7 Å². The van der Waals surface area contributed by atoms with Crippen LogP contribution in [0.3, 0.4) is 0 Å². The Labute approximate surface area is 172 Å². The molecule has 7 nitrogen and oxygen atoms in total. The number of aromatic nitrogens is 1. The number of methoxy groups -OCH3 is 1. The van der Waals surface area contributed by atoms with Gasteiger partial charge in [-0.05, 0) is 41.8 Å². The van der Waals surface area contributed by atoms with Crippen LogP contribution in [0.2, 0.25) is 0 Å². The molecule has 0 aliphatic carbocycles. The van der Waals surface area contributed by atoms with E-state index in [4.69, 9.17) is 9.47 Å². The molecule has 0 unspecified atom stereocenters. The molecule has 2 N–H and O–H groups in total. The normalized spacial score (nSPS) is 10.4. The number of rotatable bonds is 9. The number of anilines is 1. The van der Waals surface area contributed by atoms with E-state index >= 15 is 0 Å². The van der Waals surface area contributed by atoms with Gasteiger partial charge < -0.3 is 20.1 Å². The van der Waals surface area contributed by atoms with Gasteiger partial charge in [-0.3, -0.25) is 9.59 Å². The van der Waals surface area contributed by atoms with E-state index in [0.29, 0.717) is 35.2 Å². The van der Waals surface area contributed by atoms with Crippen LogP contribution in [-0.4, -0.2) is 37.1 Å². The molecule has 0 radical (unpaired) electrons. The monoisotopic (exact) mass is 411 g/mol. The fraction of sp³-hybridized carbons (Fsp3) is 0.190. The van der Waals surface area contributed by atoms with Gasteiger partial charge in [-0.2, -0.15) is 0 Å². The lowest BCUT2D eigenvalue weighted by atomic mass is 10.2. The average Bonchev–Trinajstić information content (AvgIpc) is 3.29. The maximum absolute atomic E-state index is 12.4. The van der Waals surface area contributed by atoms with Crippen molar-refractivity contribution in [2.75, 3.05) is 25.6 Å². The summed E-state index contributed by atoms with van der Waals surface area (Å²) in [4.78, 5) is 29.3. The van der Waals surface area contributed by atoms with Gasteiger partial charge in [0.2, 0.25) is 5.88 Å². The smallest absolute Gasteiger partial charge is 0.265 e. The predicted octanol–water partition coefficient (Wildman–Crippen LogP) is 3.35. The molecule has 0 aliphatic rings. The molecule has 3 rings (SSSR count). The molecular weight excluding hydrogens is 390 g/mol. The minimum atomic E-state index is -0.229. The molecular formula is C21H21N3O4S. The van der Waals surface area contributed by atoms with Gasteiger partial charge >= 0.3 is 0 Å². The third-order valence-electron chi connectivity index (χ3n) is 3.97. The van der Waals surface area contributed by atoms with E-state index in [1.54, 1.807) is 49.7 Å². The molecule has 8 heteroatoms. The zero-order valence-electron chi connectivity index (χ0n) is 15.9. The lowest BCUT2D eigenvalue weighted by Crippen LogP contribution is -2.23. The molecule has 1 aromatic carbocycles. The molecule has 0 fully saturated rings. The molecule has 2 aromatic heterocycles. The van der Waals surface area contributed by atoms with Crippen molar-refractivity contribution in [3.63, 3.8) is 0 Å². The van der Waals surface area contributed by atoms with Crippen LogP contribution in [0.4, 0.5) is 5.69 Å². The molecule has 29 heavy (non-hydrogen) atoms. The number of nitrogens with zero attached hydrogens (tertiary/aromatic N) is 1. The van der Waals surface area contributed by atoms with Gasteiger partial charge in [-0.15, -0.1) is 11.3 Å². The zero-order valence-corrected chi connectivity index (χ0v) is 16.7. The van der Waals surface area contributed by atoms with Crippen molar-refractivity contribution in [2.45, 2.75) is 6.54 Å². The van der Waals surface area contributed by atoms with E-state index in [-0.39, 0.29) is 18.4 Å². The van der Waals surface area contributed by atoms with E-state index in [1.807, 2.05) is 17.5 Å².